The number of hydrogen-bond donors (Lipinski definition) is 1. The molecule has 11 heteroatoms. The van der Waals surface area contributed by atoms with Crippen LogP contribution in [0.5, 0.6) is 0 Å². The maximum Gasteiger partial charge on any atom is 0.199 e. The zero-order valence-corrected chi connectivity index (χ0v) is 21.5. The molecule has 4 aromatic rings. The van der Waals surface area contributed by atoms with Gasteiger partial charge in [0.25, 0.3) is 0 Å². The van der Waals surface area contributed by atoms with Gasteiger partial charge >= 0.3 is 0 Å². The lowest BCUT2D eigenvalue weighted by Crippen LogP contribution is -2.32. The Labute approximate surface area is 219 Å². The van der Waals surface area contributed by atoms with E-state index in [1.165, 1.54) is 23.5 Å². The van der Waals surface area contributed by atoms with Crippen molar-refractivity contribution < 1.29 is 22.0 Å². The highest BCUT2D eigenvalue weighted by Gasteiger charge is 2.28. The van der Waals surface area contributed by atoms with E-state index in [9.17, 15) is 22.0 Å². The summed E-state index contributed by atoms with van der Waals surface area (Å²) in [5.74, 6) is -6.53. The van der Waals surface area contributed by atoms with Crippen LogP contribution < -0.4 is 10.2 Å². The Balaban J connectivity index is 1.62. The number of anilines is 2. The fraction of sp³-hybridized carbons (Fsp3) is 0.231. The van der Waals surface area contributed by atoms with E-state index in [-0.39, 0.29) is 30.2 Å². The van der Waals surface area contributed by atoms with E-state index in [0.717, 1.165) is 11.8 Å². The van der Waals surface area contributed by atoms with E-state index in [1.54, 1.807) is 30.3 Å². The normalized spacial score (nSPS) is 11.2. The van der Waals surface area contributed by atoms with Crippen molar-refractivity contribution in [2.75, 3.05) is 36.1 Å². The number of benzene rings is 3. The van der Waals surface area contributed by atoms with E-state index >= 15 is 0 Å². The molecular weight excluding hydrogens is 531 g/mol. The molecule has 0 aliphatic heterocycles. The van der Waals surface area contributed by atoms with Crippen molar-refractivity contribution in [2.24, 2.45) is 0 Å². The first-order valence-electron chi connectivity index (χ1n) is 11.4. The number of halogens is 6. The summed E-state index contributed by atoms with van der Waals surface area (Å²) in [7, 11) is 0. The van der Waals surface area contributed by atoms with E-state index in [2.05, 4.69) is 15.3 Å². The van der Waals surface area contributed by atoms with Crippen LogP contribution in [0.25, 0.3) is 22.0 Å². The Morgan fingerprint density at radius 1 is 0.919 bits per heavy atom. The Morgan fingerprint density at radius 3 is 2.35 bits per heavy atom. The second-order valence-corrected chi connectivity index (χ2v) is 9.33. The molecule has 4 rings (SSSR count). The minimum atomic E-state index is -1.85. The van der Waals surface area contributed by atoms with Gasteiger partial charge < -0.3 is 10.2 Å². The van der Waals surface area contributed by atoms with Gasteiger partial charge in [0.15, 0.2) is 23.3 Å². The Kier molecular flexibility index (Phi) is 8.39. The number of thioether (sulfide) groups is 1. The topological polar surface area (TPSA) is 41.0 Å². The minimum absolute atomic E-state index is 0.134. The van der Waals surface area contributed by atoms with Crippen molar-refractivity contribution in [3.05, 3.63) is 76.8 Å². The van der Waals surface area contributed by atoms with Crippen LogP contribution in [0.15, 0.2) is 47.6 Å². The van der Waals surface area contributed by atoms with Crippen LogP contribution in [-0.4, -0.2) is 35.9 Å². The zero-order valence-electron chi connectivity index (χ0n) is 19.9. The Morgan fingerprint density at radius 2 is 1.65 bits per heavy atom. The predicted molar refractivity (Wildman–Crippen MR) is 139 cm³/mol. The van der Waals surface area contributed by atoms with Crippen LogP contribution in [0.1, 0.15) is 13.3 Å². The maximum absolute atomic E-state index is 14.8. The zero-order chi connectivity index (χ0) is 26.7. The number of fused-ring (bicyclic) bond motifs is 1. The number of hydrogen-bond acceptors (Lipinski definition) is 5. The highest BCUT2D eigenvalue weighted by molar-refractivity contribution is 7.98. The van der Waals surface area contributed by atoms with Crippen molar-refractivity contribution in [3.8, 4) is 11.1 Å². The van der Waals surface area contributed by atoms with E-state index < -0.39 is 29.1 Å². The quantitative estimate of drug-likeness (QED) is 0.0997. The summed E-state index contributed by atoms with van der Waals surface area (Å²) in [6.07, 6.45) is 3.36. The Hall–Kier alpha value is -3.11. The summed E-state index contributed by atoms with van der Waals surface area (Å²) in [5.41, 5.74) is 1.01. The van der Waals surface area contributed by atoms with Crippen LogP contribution >= 0.6 is 23.4 Å². The molecule has 0 bridgehead atoms. The van der Waals surface area contributed by atoms with Gasteiger partial charge in [-0.25, -0.2) is 31.9 Å². The molecule has 3 aromatic carbocycles. The van der Waals surface area contributed by atoms with Crippen molar-refractivity contribution in [1.82, 2.24) is 9.97 Å². The molecule has 1 heterocycles. The predicted octanol–water partition coefficient (Wildman–Crippen LogP) is 7.70. The van der Waals surface area contributed by atoms with Crippen LogP contribution in [-0.2, 0) is 0 Å². The van der Waals surface area contributed by atoms with E-state index in [1.807, 2.05) is 6.92 Å². The Bertz CT molecular complexity index is 1450. The molecule has 1 aromatic heterocycles. The third kappa shape index (κ3) is 5.31. The molecule has 0 unspecified atom stereocenters. The molecule has 1 N–H and O–H groups in total. The molecule has 0 radical (unpaired) electrons. The summed E-state index contributed by atoms with van der Waals surface area (Å²) < 4.78 is 71.3. The third-order valence-corrected chi connectivity index (χ3v) is 6.87. The van der Waals surface area contributed by atoms with Crippen molar-refractivity contribution in [2.45, 2.75) is 18.2 Å². The lowest BCUT2D eigenvalue weighted by molar-refractivity contribution is 0.398. The summed E-state index contributed by atoms with van der Waals surface area (Å²) in [5, 5.41) is 4.00. The molecule has 0 saturated carbocycles. The van der Waals surface area contributed by atoms with Gasteiger partial charge in [0.2, 0.25) is 0 Å². The molecular formula is C26H22ClF5N4S. The van der Waals surface area contributed by atoms with Gasteiger partial charge in [0.05, 0.1) is 16.1 Å². The van der Waals surface area contributed by atoms with Gasteiger partial charge in [-0.15, -0.1) is 11.8 Å². The van der Waals surface area contributed by atoms with Crippen molar-refractivity contribution >= 4 is 45.8 Å². The first-order chi connectivity index (χ1) is 17.8. The number of rotatable bonds is 9. The van der Waals surface area contributed by atoms with Crippen LogP contribution in [0.3, 0.4) is 0 Å². The van der Waals surface area contributed by atoms with Gasteiger partial charge in [0, 0.05) is 41.2 Å². The van der Waals surface area contributed by atoms with E-state index in [0.29, 0.717) is 39.3 Å². The van der Waals surface area contributed by atoms with Crippen LogP contribution in [0, 0.1) is 29.1 Å². The first-order valence-corrected chi connectivity index (χ1v) is 13.0. The number of nitrogens with zero attached hydrogens (tertiary/aromatic N) is 3. The highest BCUT2D eigenvalue weighted by atomic mass is 35.5. The average Bonchev–Trinajstić information content (AvgIpc) is 2.89. The summed E-state index contributed by atoms with van der Waals surface area (Å²) >= 11 is 7.28. The monoisotopic (exact) mass is 552 g/mol. The third-order valence-electron chi connectivity index (χ3n) is 5.78. The molecule has 194 valence electrons. The lowest BCUT2D eigenvalue weighted by Gasteiger charge is -2.27. The van der Waals surface area contributed by atoms with Crippen LogP contribution in [0.4, 0.5) is 33.5 Å². The summed E-state index contributed by atoms with van der Waals surface area (Å²) in [6.45, 7) is 2.45. The maximum atomic E-state index is 14.8. The number of nitrogens with one attached hydrogen (secondary N) is 1. The molecule has 0 amide bonds. The fourth-order valence-corrected chi connectivity index (χ4v) is 5.03. The van der Waals surface area contributed by atoms with Crippen molar-refractivity contribution in [1.29, 1.82) is 0 Å². The van der Waals surface area contributed by atoms with Gasteiger partial charge in [-0.05, 0) is 30.9 Å². The molecule has 0 fully saturated rings. The lowest BCUT2D eigenvalue weighted by atomic mass is 10.0. The fourth-order valence-electron chi connectivity index (χ4n) is 4.09. The molecule has 37 heavy (non-hydrogen) atoms. The molecule has 4 nitrogen and oxygen atoms in total. The highest BCUT2D eigenvalue weighted by Crippen LogP contribution is 2.38. The van der Waals surface area contributed by atoms with Crippen molar-refractivity contribution in [3.63, 3.8) is 0 Å². The van der Waals surface area contributed by atoms with Gasteiger partial charge in [-0.1, -0.05) is 36.7 Å². The SMILES string of the molecule is CCCN(CCNc1ncnc2cc(-c3ccccc3F)c(Cl)cc12)c1c(F)c(F)c(F)c(F)c1SC. The second-order valence-electron chi connectivity index (χ2n) is 8.10. The summed E-state index contributed by atoms with van der Waals surface area (Å²) in [4.78, 5) is 9.68. The molecule has 0 aliphatic carbocycles. The number of aromatic nitrogens is 2. The molecule has 0 saturated heterocycles. The summed E-state index contributed by atoms with van der Waals surface area (Å²) in [6, 6.07) is 9.54. The smallest absolute Gasteiger partial charge is 0.199 e. The van der Waals surface area contributed by atoms with Crippen LogP contribution in [0.2, 0.25) is 5.02 Å². The minimum Gasteiger partial charge on any atom is -0.368 e. The average molecular weight is 553 g/mol. The second kappa shape index (κ2) is 11.5. The molecule has 0 atom stereocenters. The molecule has 0 spiro atoms. The van der Waals surface area contributed by atoms with Gasteiger partial charge in [-0.2, -0.15) is 0 Å². The largest absolute Gasteiger partial charge is 0.368 e. The standard InChI is InChI=1S/C26H22ClF5N4S/c1-3-9-36(24-22(31)20(29)21(30)23(32)25(24)37-2)10-8-33-26-16-11-17(27)15(12-19(16)34-13-35-26)14-6-4-5-7-18(14)28/h4-7,11-13H,3,8-10H2,1-2H3,(H,33,34,35). The first kappa shape index (κ1) is 26.9. The van der Waals surface area contributed by atoms with E-state index in [4.69, 9.17) is 11.6 Å². The van der Waals surface area contributed by atoms with Gasteiger partial charge in [0.1, 0.15) is 18.0 Å². The van der Waals surface area contributed by atoms with Gasteiger partial charge in [-0.3, -0.25) is 0 Å². The molecule has 0 aliphatic rings.